The molecule has 0 amide bonds. The fourth-order valence-corrected chi connectivity index (χ4v) is 0.821. The number of para-hydroxylation sites is 1. The summed E-state index contributed by atoms with van der Waals surface area (Å²) in [6, 6.07) is 6.50. The Kier molecular flexibility index (Phi) is 2.16. The Morgan fingerprint density at radius 2 is 2.09 bits per heavy atom. The molecule has 0 atom stereocenters. The molecule has 0 aromatic heterocycles. The summed E-state index contributed by atoms with van der Waals surface area (Å²) >= 11 is 0. The lowest BCUT2D eigenvalue weighted by Crippen LogP contribution is -1.99. The molecule has 1 aromatic rings. The molecule has 4 heteroatoms. The third-order valence-electron chi connectivity index (χ3n) is 1.34. The van der Waals surface area contributed by atoms with Crippen molar-refractivity contribution in [2.24, 2.45) is 0 Å². The van der Waals surface area contributed by atoms with Crippen molar-refractivity contribution in [1.29, 1.82) is 0 Å². The number of carbonyl (C=O) groups is 1. The van der Waals surface area contributed by atoms with Gasteiger partial charge in [-0.15, -0.1) is 0 Å². The van der Waals surface area contributed by atoms with E-state index < -0.39 is 5.97 Å². The lowest BCUT2D eigenvalue weighted by atomic mass is 10.2. The predicted octanol–water partition coefficient (Wildman–Crippen LogP) is 0.312. The molecule has 0 aliphatic rings. The highest BCUT2D eigenvalue weighted by molar-refractivity contribution is 6.01. The van der Waals surface area contributed by atoms with Crippen molar-refractivity contribution in [1.82, 2.24) is 0 Å². The highest BCUT2D eigenvalue weighted by Crippen LogP contribution is 2.15. The van der Waals surface area contributed by atoms with E-state index in [-0.39, 0.29) is 5.56 Å². The van der Waals surface area contributed by atoms with E-state index in [1.807, 2.05) is 0 Å². The zero-order chi connectivity index (χ0) is 8.27. The minimum Gasteiger partial charge on any atom is -0.567 e. The summed E-state index contributed by atoms with van der Waals surface area (Å²) in [5.41, 5.74) is 0.190. The minimum absolute atomic E-state index is 0.190. The summed E-state index contributed by atoms with van der Waals surface area (Å²) in [5, 5.41) is 8.62. The molecule has 0 saturated heterocycles. The van der Waals surface area contributed by atoms with Crippen LogP contribution in [0.5, 0.6) is 5.75 Å². The highest BCUT2D eigenvalue weighted by atomic mass is 16.4. The minimum atomic E-state index is -0.970. The summed E-state index contributed by atoms with van der Waals surface area (Å²) in [7, 11) is 1.45. The van der Waals surface area contributed by atoms with E-state index in [0.29, 0.717) is 5.75 Å². The summed E-state index contributed by atoms with van der Waals surface area (Å²) in [4.78, 5) is 10.5. The molecule has 3 nitrogen and oxygen atoms in total. The van der Waals surface area contributed by atoms with E-state index >= 15 is 0 Å². The molecule has 0 bridgehead atoms. The number of benzene rings is 1. The van der Waals surface area contributed by atoms with Gasteiger partial charge in [0.2, 0.25) is 0 Å². The highest BCUT2D eigenvalue weighted by Gasteiger charge is 2.07. The first-order valence-electron chi connectivity index (χ1n) is 3.12. The number of hydrogen-bond donors (Lipinski definition) is 1. The standard InChI is InChI=1S/C7H7BO3/c8-11-6-4-2-1-3-5(6)7(9)10/h1-4H,8H2,(H,9,10). The number of aromatic carboxylic acids is 1. The van der Waals surface area contributed by atoms with Gasteiger partial charge in [0.25, 0.3) is 0 Å². The van der Waals surface area contributed by atoms with E-state index in [2.05, 4.69) is 0 Å². The van der Waals surface area contributed by atoms with Gasteiger partial charge in [-0.05, 0) is 12.1 Å². The van der Waals surface area contributed by atoms with Crippen LogP contribution in [0.1, 0.15) is 10.4 Å². The quantitative estimate of drug-likeness (QED) is 0.617. The molecule has 0 aliphatic heterocycles. The zero-order valence-electron chi connectivity index (χ0n) is 6.07. The normalized spacial score (nSPS) is 9.09. The first-order valence-corrected chi connectivity index (χ1v) is 3.12. The fourth-order valence-electron chi connectivity index (χ4n) is 0.821. The molecule has 1 N–H and O–H groups in total. The van der Waals surface area contributed by atoms with Gasteiger partial charge in [0, 0.05) is 0 Å². The van der Waals surface area contributed by atoms with Crippen LogP contribution in [-0.4, -0.2) is 19.1 Å². The van der Waals surface area contributed by atoms with Crippen LogP contribution in [0.25, 0.3) is 0 Å². The van der Waals surface area contributed by atoms with Crippen molar-refractivity contribution in [2.75, 3.05) is 0 Å². The molecule has 1 aromatic carbocycles. The van der Waals surface area contributed by atoms with Crippen molar-refractivity contribution < 1.29 is 14.6 Å². The molecular weight excluding hydrogens is 143 g/mol. The number of rotatable bonds is 2. The van der Waals surface area contributed by atoms with Gasteiger partial charge in [0.05, 0.1) is 5.56 Å². The number of carboxylic acids is 1. The number of hydrogen-bond acceptors (Lipinski definition) is 2. The maximum absolute atomic E-state index is 10.5. The molecule has 0 radical (unpaired) electrons. The van der Waals surface area contributed by atoms with Gasteiger partial charge in [-0.25, -0.2) is 4.79 Å². The van der Waals surface area contributed by atoms with Crippen LogP contribution in [0, 0.1) is 0 Å². The maximum atomic E-state index is 10.5. The molecule has 0 fully saturated rings. The summed E-state index contributed by atoms with van der Waals surface area (Å²) in [5.74, 6) is -0.581. The molecule has 1 rings (SSSR count). The van der Waals surface area contributed by atoms with Crippen LogP contribution in [-0.2, 0) is 0 Å². The van der Waals surface area contributed by atoms with Gasteiger partial charge in [-0.1, -0.05) is 12.1 Å². The predicted molar refractivity (Wildman–Crippen MR) is 42.6 cm³/mol. The van der Waals surface area contributed by atoms with Gasteiger partial charge in [-0.3, -0.25) is 0 Å². The Hall–Kier alpha value is -1.45. The topological polar surface area (TPSA) is 46.5 Å². The SMILES string of the molecule is BOc1ccccc1C(=O)O. The van der Waals surface area contributed by atoms with E-state index in [4.69, 9.17) is 9.76 Å². The monoisotopic (exact) mass is 150 g/mol. The third kappa shape index (κ3) is 1.52. The lowest BCUT2D eigenvalue weighted by Gasteiger charge is -2.02. The average Bonchev–Trinajstić information content (AvgIpc) is 2.04. The maximum Gasteiger partial charge on any atom is 0.339 e. The van der Waals surface area contributed by atoms with Gasteiger partial charge in [-0.2, -0.15) is 0 Å². The van der Waals surface area contributed by atoms with Crippen molar-refractivity contribution in [3.8, 4) is 5.75 Å². The van der Waals surface area contributed by atoms with Crippen molar-refractivity contribution in [3.63, 3.8) is 0 Å². The summed E-state index contributed by atoms with van der Waals surface area (Å²) in [6.07, 6.45) is 0. The zero-order valence-corrected chi connectivity index (χ0v) is 6.07. The fraction of sp³-hybridized carbons (Fsp3) is 0. The Morgan fingerprint density at radius 1 is 1.45 bits per heavy atom. The second kappa shape index (κ2) is 3.10. The van der Waals surface area contributed by atoms with Crippen LogP contribution in [0.15, 0.2) is 24.3 Å². The smallest absolute Gasteiger partial charge is 0.339 e. The van der Waals surface area contributed by atoms with Crippen molar-refractivity contribution >= 4 is 14.0 Å². The summed E-state index contributed by atoms with van der Waals surface area (Å²) < 4.78 is 4.83. The number of carboxylic acid groups (broad SMARTS) is 1. The van der Waals surface area contributed by atoms with Crippen LogP contribution < -0.4 is 4.65 Å². The van der Waals surface area contributed by atoms with E-state index in [0.717, 1.165) is 0 Å². The molecule has 0 spiro atoms. The molecule has 0 heterocycles. The summed E-state index contributed by atoms with van der Waals surface area (Å²) in [6.45, 7) is 0. The van der Waals surface area contributed by atoms with Crippen LogP contribution >= 0.6 is 0 Å². The lowest BCUT2D eigenvalue weighted by molar-refractivity contribution is 0.0695. The van der Waals surface area contributed by atoms with Gasteiger partial charge in [0.15, 0.2) is 0 Å². The van der Waals surface area contributed by atoms with E-state index in [9.17, 15) is 4.79 Å². The van der Waals surface area contributed by atoms with Crippen LogP contribution in [0.3, 0.4) is 0 Å². The molecule has 56 valence electrons. The van der Waals surface area contributed by atoms with Crippen LogP contribution in [0.2, 0.25) is 0 Å². The Bertz CT molecular complexity index is 272. The molecule has 0 aliphatic carbocycles. The van der Waals surface area contributed by atoms with E-state index in [1.54, 1.807) is 18.2 Å². The largest absolute Gasteiger partial charge is 0.567 e. The van der Waals surface area contributed by atoms with Gasteiger partial charge in [0.1, 0.15) is 5.75 Å². The van der Waals surface area contributed by atoms with Crippen molar-refractivity contribution in [2.45, 2.75) is 0 Å². The second-order valence-electron chi connectivity index (χ2n) is 2.01. The third-order valence-corrected chi connectivity index (χ3v) is 1.34. The Labute approximate surface area is 65.1 Å². The molecule has 0 unspecified atom stereocenters. The van der Waals surface area contributed by atoms with Gasteiger partial charge < -0.3 is 9.76 Å². The Balaban J connectivity index is 3.12. The molecule has 0 saturated carbocycles. The average molecular weight is 150 g/mol. The van der Waals surface area contributed by atoms with Gasteiger partial charge >= 0.3 is 14.0 Å². The first-order chi connectivity index (χ1) is 5.25. The first kappa shape index (κ1) is 7.66. The molecular formula is C7H7BO3. The van der Waals surface area contributed by atoms with E-state index in [1.165, 1.54) is 14.1 Å². The second-order valence-corrected chi connectivity index (χ2v) is 2.01. The Morgan fingerprint density at radius 3 is 2.55 bits per heavy atom. The molecule has 11 heavy (non-hydrogen) atoms. The van der Waals surface area contributed by atoms with Crippen molar-refractivity contribution in [3.05, 3.63) is 29.8 Å². The van der Waals surface area contributed by atoms with Crippen LogP contribution in [0.4, 0.5) is 0 Å².